The quantitative estimate of drug-likeness (QED) is 0.159. The van der Waals surface area contributed by atoms with E-state index in [0.29, 0.717) is 5.92 Å². The highest BCUT2D eigenvalue weighted by molar-refractivity contribution is 8.14. The van der Waals surface area contributed by atoms with Crippen molar-refractivity contribution in [2.45, 2.75) is 104 Å². The average molecular weight is 579 g/mol. The standard InChI is InChI=1S/C22H40N2O4S.CHF3O3S/c1-16(2)14-17(23-20(26)28-22(6,7)8)19(24-12-10-9-11-13-24)29-15-18(25)27-21(3,4)5;2-1(3,4)8(5,6)7/h16-17H,9-15H2,1-8H3;(H,5,6,7)/t17-;/m0./s1. The molecule has 37 heavy (non-hydrogen) atoms. The van der Waals surface area contributed by atoms with Crippen molar-refractivity contribution in [3.63, 3.8) is 0 Å². The molecule has 1 heterocycles. The first kappa shape index (κ1) is 35.5. The van der Waals surface area contributed by atoms with Gasteiger partial charge in [0.25, 0.3) is 0 Å². The van der Waals surface area contributed by atoms with Gasteiger partial charge in [0.1, 0.15) is 36.1 Å². The zero-order valence-electron chi connectivity index (χ0n) is 22.9. The minimum absolute atomic E-state index is 0.185. The van der Waals surface area contributed by atoms with Gasteiger partial charge >= 0.3 is 17.6 Å². The molecule has 1 fully saturated rings. The average Bonchev–Trinajstić information content (AvgIpc) is 2.64. The van der Waals surface area contributed by atoms with Crippen LogP contribution in [0.5, 0.6) is 0 Å². The number of alkyl carbamates (subject to hydrolysis) is 1. The van der Waals surface area contributed by atoms with Crippen molar-refractivity contribution in [2.24, 2.45) is 5.92 Å². The summed E-state index contributed by atoms with van der Waals surface area (Å²) in [5.74, 6) is 0.377. The number of esters is 1. The summed E-state index contributed by atoms with van der Waals surface area (Å²) in [5, 5.41) is 4.10. The molecule has 1 atom stereocenters. The number of carbonyl (C=O) groups excluding carboxylic acids is 2. The van der Waals surface area contributed by atoms with E-state index in [1.807, 2.05) is 41.5 Å². The first-order valence-electron chi connectivity index (χ1n) is 12.0. The maximum atomic E-state index is 12.5. The van der Waals surface area contributed by atoms with Crippen LogP contribution in [-0.4, -0.2) is 76.2 Å². The van der Waals surface area contributed by atoms with Crippen LogP contribution < -0.4 is 5.32 Å². The summed E-state index contributed by atoms with van der Waals surface area (Å²) in [6.45, 7) is 17.3. The van der Waals surface area contributed by atoms with Gasteiger partial charge in [0.2, 0.25) is 5.04 Å². The Hall–Kier alpha value is -1.54. The Kier molecular flexibility index (Phi) is 14.0. The largest absolute Gasteiger partial charge is 0.741 e. The van der Waals surface area contributed by atoms with Crippen molar-refractivity contribution in [1.82, 2.24) is 5.32 Å². The van der Waals surface area contributed by atoms with Crippen molar-refractivity contribution in [1.29, 1.82) is 0 Å². The van der Waals surface area contributed by atoms with Gasteiger partial charge in [0.05, 0.1) is 0 Å². The van der Waals surface area contributed by atoms with Gasteiger partial charge in [-0.05, 0) is 72.1 Å². The molecule has 218 valence electrons. The molecule has 0 aromatic rings. The van der Waals surface area contributed by atoms with Crippen LogP contribution in [0.2, 0.25) is 0 Å². The fourth-order valence-electron chi connectivity index (χ4n) is 3.17. The van der Waals surface area contributed by atoms with E-state index in [4.69, 9.17) is 22.4 Å². The highest BCUT2D eigenvalue weighted by Gasteiger charge is 2.37. The first-order chi connectivity index (χ1) is 16.5. The molecule has 0 saturated carbocycles. The molecule has 1 amide bonds. The number of ether oxygens (including phenoxy) is 2. The Morgan fingerprint density at radius 3 is 1.81 bits per heavy atom. The predicted molar refractivity (Wildman–Crippen MR) is 136 cm³/mol. The Balaban J connectivity index is 0.00000139. The van der Waals surface area contributed by atoms with Gasteiger partial charge in [-0.25, -0.2) is 17.8 Å². The third-order valence-electron chi connectivity index (χ3n) is 4.41. The summed E-state index contributed by atoms with van der Waals surface area (Å²) >= 11 is 1.48. The van der Waals surface area contributed by atoms with Gasteiger partial charge in [-0.1, -0.05) is 13.8 Å². The lowest BCUT2D eigenvalue weighted by Gasteiger charge is -2.26. The van der Waals surface area contributed by atoms with Crippen LogP contribution in [0.1, 0.15) is 81.1 Å². The van der Waals surface area contributed by atoms with Gasteiger partial charge in [-0.3, -0.25) is 4.79 Å². The summed E-state index contributed by atoms with van der Waals surface area (Å²) in [6, 6.07) is -0.185. The summed E-state index contributed by atoms with van der Waals surface area (Å²) in [5.41, 5.74) is -6.70. The van der Waals surface area contributed by atoms with E-state index in [0.717, 1.165) is 37.4 Å². The van der Waals surface area contributed by atoms with Crippen LogP contribution in [0.15, 0.2) is 0 Å². The molecule has 0 aliphatic carbocycles. The van der Waals surface area contributed by atoms with Crippen LogP contribution in [0.25, 0.3) is 0 Å². The van der Waals surface area contributed by atoms with E-state index in [-0.39, 0.29) is 17.8 Å². The molecule has 1 aliphatic rings. The lowest BCUT2D eigenvalue weighted by molar-refractivity contribution is -0.536. The van der Waals surface area contributed by atoms with Crippen LogP contribution in [0.4, 0.5) is 18.0 Å². The molecule has 0 aromatic carbocycles. The normalized spacial score (nSPS) is 15.9. The van der Waals surface area contributed by atoms with E-state index in [1.165, 1.54) is 18.2 Å². The summed E-state index contributed by atoms with van der Waals surface area (Å²) in [7, 11) is -6.09. The molecular weight excluding hydrogens is 537 g/mol. The second-order valence-electron chi connectivity index (χ2n) is 11.0. The fraction of sp³-hybridized carbons (Fsp3) is 0.870. The van der Waals surface area contributed by atoms with Gasteiger partial charge in [0, 0.05) is 12.8 Å². The van der Waals surface area contributed by atoms with Crippen molar-refractivity contribution in [3.8, 4) is 0 Å². The smallest absolute Gasteiger partial charge is 0.485 e. The van der Waals surface area contributed by atoms with Crippen LogP contribution in [-0.2, 0) is 24.4 Å². The number of alkyl halides is 3. The topological polar surface area (TPSA) is 125 Å². The SMILES string of the molecule is CC(C)C[C@H](NC(=O)OC(C)(C)C)C(SCC(=O)OC(C)(C)C)=[N+]1CCCCC1.O=S(=O)([O-])C(F)(F)F. The minimum Gasteiger partial charge on any atom is -0.741 e. The van der Waals surface area contributed by atoms with Crippen molar-refractivity contribution >= 4 is 39.0 Å². The molecule has 14 heteroatoms. The van der Waals surface area contributed by atoms with Crippen LogP contribution in [0, 0.1) is 5.92 Å². The number of carbonyl (C=O) groups is 2. The summed E-state index contributed by atoms with van der Waals surface area (Å²) in [6.07, 6.45) is 3.83. The third-order valence-corrected chi connectivity index (χ3v) is 6.19. The number of amides is 1. The molecule has 0 unspecified atom stereocenters. The second-order valence-corrected chi connectivity index (χ2v) is 13.4. The minimum atomic E-state index is -6.09. The van der Waals surface area contributed by atoms with E-state index in [9.17, 15) is 22.8 Å². The van der Waals surface area contributed by atoms with Crippen molar-refractivity contribution < 1.29 is 49.8 Å². The Labute approximate surface area is 222 Å². The first-order valence-corrected chi connectivity index (χ1v) is 14.4. The molecule has 0 spiro atoms. The van der Waals surface area contributed by atoms with Gasteiger partial charge < -0.3 is 19.3 Å². The Morgan fingerprint density at radius 2 is 1.43 bits per heavy atom. The number of nitrogens with one attached hydrogen (secondary N) is 1. The number of halogens is 3. The molecule has 1 saturated heterocycles. The number of piperidine rings is 1. The molecule has 0 radical (unpaired) electrons. The zero-order chi connectivity index (χ0) is 29.2. The van der Waals surface area contributed by atoms with E-state index < -0.39 is 32.9 Å². The monoisotopic (exact) mass is 578 g/mol. The molecule has 1 N–H and O–H groups in total. The number of nitrogens with zero attached hydrogens (tertiary/aromatic N) is 1. The zero-order valence-corrected chi connectivity index (χ0v) is 24.5. The number of hydrogen-bond acceptors (Lipinski definition) is 8. The highest BCUT2D eigenvalue weighted by atomic mass is 32.2. The summed E-state index contributed by atoms with van der Waals surface area (Å²) < 4.78 is 72.2. The van der Waals surface area contributed by atoms with Crippen molar-refractivity contribution in [2.75, 3.05) is 18.8 Å². The fourth-order valence-corrected chi connectivity index (χ4v) is 4.22. The van der Waals surface area contributed by atoms with E-state index in [2.05, 4.69) is 23.7 Å². The van der Waals surface area contributed by atoms with Gasteiger partial charge in [-0.2, -0.15) is 13.2 Å². The second kappa shape index (κ2) is 14.6. The summed E-state index contributed by atoms with van der Waals surface area (Å²) in [4.78, 5) is 24.8. The van der Waals surface area contributed by atoms with E-state index in [1.54, 1.807) is 0 Å². The molecule has 9 nitrogen and oxygen atoms in total. The lowest BCUT2D eigenvalue weighted by Crippen LogP contribution is -2.47. The van der Waals surface area contributed by atoms with Crippen LogP contribution >= 0.6 is 11.8 Å². The molecule has 1 aliphatic heterocycles. The molecular formula is C23H41F3N2O7S2. The maximum Gasteiger partial charge on any atom is 0.485 e. The van der Waals surface area contributed by atoms with Gasteiger partial charge in [-0.15, -0.1) is 0 Å². The van der Waals surface area contributed by atoms with E-state index >= 15 is 0 Å². The Bertz CT molecular complexity index is 883. The third kappa shape index (κ3) is 16.8. The van der Waals surface area contributed by atoms with Crippen LogP contribution in [0.3, 0.4) is 0 Å². The number of rotatable bonds is 6. The number of thioether (sulfide) groups is 1. The Morgan fingerprint density at radius 1 is 0.973 bits per heavy atom. The highest BCUT2D eigenvalue weighted by Crippen LogP contribution is 2.21. The molecule has 1 rings (SSSR count). The predicted octanol–water partition coefficient (Wildman–Crippen LogP) is 4.65. The van der Waals surface area contributed by atoms with Crippen molar-refractivity contribution in [3.05, 3.63) is 0 Å². The lowest BCUT2D eigenvalue weighted by atomic mass is 10.0. The maximum absolute atomic E-state index is 12.5. The van der Waals surface area contributed by atoms with Gasteiger partial charge in [0.15, 0.2) is 10.1 Å². The molecule has 0 bridgehead atoms. The number of hydrogen-bond donors (Lipinski definition) is 1. The molecule has 0 aromatic heterocycles.